The minimum atomic E-state index is -4.51. The number of halogens is 3. The molecular weight excluding hydrogens is 235 g/mol. The van der Waals surface area contributed by atoms with E-state index < -0.39 is 23.7 Å². The number of carbonyl (C=O) groups is 1. The summed E-state index contributed by atoms with van der Waals surface area (Å²) < 4.78 is 36.5. The molecule has 0 spiro atoms. The summed E-state index contributed by atoms with van der Waals surface area (Å²) in [6.45, 7) is 1.38. The zero-order valence-electron chi connectivity index (χ0n) is 8.75. The number of nitriles is 1. The van der Waals surface area contributed by atoms with Crippen LogP contribution in [0.25, 0.3) is 0 Å². The van der Waals surface area contributed by atoms with Gasteiger partial charge in [0.05, 0.1) is 18.0 Å². The highest BCUT2D eigenvalue weighted by atomic mass is 19.4. The van der Waals surface area contributed by atoms with E-state index in [1.807, 2.05) is 0 Å². The molecule has 7 heteroatoms. The summed E-state index contributed by atoms with van der Waals surface area (Å²) in [4.78, 5) is 14.4. The number of amides is 1. The van der Waals surface area contributed by atoms with Crippen molar-refractivity contribution in [3.63, 3.8) is 0 Å². The van der Waals surface area contributed by atoms with Crippen LogP contribution >= 0.6 is 0 Å². The molecule has 1 atom stereocenters. The molecule has 1 heterocycles. The minimum absolute atomic E-state index is 0.116. The maximum absolute atomic E-state index is 12.2. The van der Waals surface area contributed by atoms with Gasteiger partial charge in [0.2, 0.25) is 5.91 Å². The third-order valence-corrected chi connectivity index (χ3v) is 1.91. The smallest absolute Gasteiger partial charge is 0.324 e. The molecule has 1 aromatic heterocycles. The lowest BCUT2D eigenvalue weighted by molar-refractivity contribution is -0.141. The van der Waals surface area contributed by atoms with E-state index in [2.05, 4.69) is 10.3 Å². The third-order valence-electron chi connectivity index (χ3n) is 1.91. The van der Waals surface area contributed by atoms with Gasteiger partial charge in [0, 0.05) is 0 Å². The lowest BCUT2D eigenvalue weighted by Crippen LogP contribution is -2.19. The summed E-state index contributed by atoms with van der Waals surface area (Å²) in [5.74, 6) is -1.47. The summed E-state index contributed by atoms with van der Waals surface area (Å²) in [5, 5.41) is 10.7. The van der Waals surface area contributed by atoms with E-state index >= 15 is 0 Å². The fourth-order valence-corrected chi connectivity index (χ4v) is 0.945. The molecule has 17 heavy (non-hydrogen) atoms. The van der Waals surface area contributed by atoms with Gasteiger partial charge in [-0.2, -0.15) is 18.4 Å². The van der Waals surface area contributed by atoms with Gasteiger partial charge in [-0.3, -0.25) is 4.79 Å². The SMILES string of the molecule is CC(C#N)C(=O)Nc1ccc(C(F)(F)F)nc1. The van der Waals surface area contributed by atoms with Crippen LogP contribution in [-0.2, 0) is 11.0 Å². The van der Waals surface area contributed by atoms with E-state index in [9.17, 15) is 18.0 Å². The maximum Gasteiger partial charge on any atom is 0.433 e. The third kappa shape index (κ3) is 3.45. The topological polar surface area (TPSA) is 65.8 Å². The van der Waals surface area contributed by atoms with Crippen LogP contribution in [0.5, 0.6) is 0 Å². The van der Waals surface area contributed by atoms with Crippen LogP contribution in [0.15, 0.2) is 18.3 Å². The van der Waals surface area contributed by atoms with Gasteiger partial charge in [0.25, 0.3) is 0 Å². The summed E-state index contributed by atoms with van der Waals surface area (Å²) in [6, 6.07) is 3.55. The van der Waals surface area contributed by atoms with Crippen molar-refractivity contribution in [1.82, 2.24) is 4.98 Å². The molecule has 1 rings (SSSR count). The molecule has 1 amide bonds. The van der Waals surface area contributed by atoms with Crippen molar-refractivity contribution in [2.75, 3.05) is 5.32 Å². The summed E-state index contributed by atoms with van der Waals surface area (Å²) in [7, 11) is 0. The number of alkyl halides is 3. The first-order chi connectivity index (χ1) is 7.84. The molecule has 0 aliphatic carbocycles. The molecule has 1 N–H and O–H groups in total. The highest BCUT2D eigenvalue weighted by Gasteiger charge is 2.32. The fraction of sp³-hybridized carbons (Fsp3) is 0.300. The molecule has 0 fully saturated rings. The Morgan fingerprint density at radius 1 is 1.53 bits per heavy atom. The number of nitrogens with one attached hydrogen (secondary N) is 1. The van der Waals surface area contributed by atoms with Gasteiger partial charge in [-0.05, 0) is 19.1 Å². The van der Waals surface area contributed by atoms with E-state index in [-0.39, 0.29) is 5.69 Å². The Hall–Kier alpha value is -2.10. The highest BCUT2D eigenvalue weighted by molar-refractivity contribution is 5.93. The predicted molar refractivity (Wildman–Crippen MR) is 52.6 cm³/mol. The van der Waals surface area contributed by atoms with Crippen LogP contribution in [0.4, 0.5) is 18.9 Å². The number of anilines is 1. The molecule has 0 saturated heterocycles. The van der Waals surface area contributed by atoms with Gasteiger partial charge in [-0.15, -0.1) is 0 Å². The molecule has 1 aromatic rings. The molecule has 4 nitrogen and oxygen atoms in total. The summed E-state index contributed by atoms with van der Waals surface area (Å²) in [5.41, 5.74) is -0.922. The molecule has 0 radical (unpaired) electrons. The number of aromatic nitrogens is 1. The average Bonchev–Trinajstić information content (AvgIpc) is 2.27. The monoisotopic (exact) mass is 243 g/mol. The number of nitrogens with zero attached hydrogens (tertiary/aromatic N) is 2. The second-order valence-corrected chi connectivity index (χ2v) is 3.27. The largest absolute Gasteiger partial charge is 0.433 e. The number of hydrogen-bond donors (Lipinski definition) is 1. The summed E-state index contributed by atoms with van der Waals surface area (Å²) in [6.07, 6.45) is -3.62. The van der Waals surface area contributed by atoms with Gasteiger partial charge in [0.1, 0.15) is 11.6 Å². The van der Waals surface area contributed by atoms with Crippen LogP contribution in [0.1, 0.15) is 12.6 Å². The molecular formula is C10H8F3N3O. The highest BCUT2D eigenvalue weighted by Crippen LogP contribution is 2.27. The second-order valence-electron chi connectivity index (χ2n) is 3.27. The quantitative estimate of drug-likeness (QED) is 0.865. The van der Waals surface area contributed by atoms with Crippen LogP contribution in [0.2, 0.25) is 0 Å². The zero-order valence-corrected chi connectivity index (χ0v) is 8.75. The molecule has 1 unspecified atom stereocenters. The summed E-state index contributed by atoms with van der Waals surface area (Å²) >= 11 is 0. The lowest BCUT2D eigenvalue weighted by atomic mass is 10.2. The second kappa shape index (κ2) is 4.82. The molecule has 0 saturated carbocycles. The Morgan fingerprint density at radius 2 is 2.18 bits per heavy atom. The first-order valence-corrected chi connectivity index (χ1v) is 4.58. The van der Waals surface area contributed by atoms with Gasteiger partial charge in [0.15, 0.2) is 0 Å². The van der Waals surface area contributed by atoms with Gasteiger partial charge < -0.3 is 5.32 Å². The van der Waals surface area contributed by atoms with Crippen LogP contribution in [-0.4, -0.2) is 10.9 Å². The Kier molecular flexibility index (Phi) is 3.68. The van der Waals surface area contributed by atoms with E-state index in [1.165, 1.54) is 6.92 Å². The predicted octanol–water partition coefficient (Wildman–Crippen LogP) is 2.20. The van der Waals surface area contributed by atoms with Crippen molar-refractivity contribution in [1.29, 1.82) is 5.26 Å². The van der Waals surface area contributed by atoms with Crippen molar-refractivity contribution in [2.45, 2.75) is 13.1 Å². The first kappa shape index (κ1) is 13.0. The van der Waals surface area contributed by atoms with Crippen molar-refractivity contribution in [2.24, 2.45) is 5.92 Å². The van der Waals surface area contributed by atoms with E-state index in [4.69, 9.17) is 5.26 Å². The minimum Gasteiger partial charge on any atom is -0.324 e. The average molecular weight is 243 g/mol. The van der Waals surface area contributed by atoms with Crippen molar-refractivity contribution in [3.8, 4) is 6.07 Å². The normalized spacial score (nSPS) is 12.6. The van der Waals surface area contributed by atoms with Crippen LogP contribution in [0, 0.1) is 17.2 Å². The molecule has 0 aliphatic heterocycles. The number of hydrogen-bond acceptors (Lipinski definition) is 3. The Labute approximate surface area is 95.1 Å². The van der Waals surface area contributed by atoms with Crippen LogP contribution < -0.4 is 5.32 Å². The molecule has 0 bridgehead atoms. The molecule has 90 valence electrons. The Bertz CT molecular complexity index is 447. The van der Waals surface area contributed by atoms with Crippen LogP contribution in [0.3, 0.4) is 0 Å². The van der Waals surface area contributed by atoms with Gasteiger partial charge >= 0.3 is 6.18 Å². The van der Waals surface area contributed by atoms with E-state index in [0.29, 0.717) is 0 Å². The maximum atomic E-state index is 12.2. The van der Waals surface area contributed by atoms with Crippen molar-refractivity contribution in [3.05, 3.63) is 24.0 Å². The first-order valence-electron chi connectivity index (χ1n) is 4.58. The van der Waals surface area contributed by atoms with Gasteiger partial charge in [-0.25, -0.2) is 4.98 Å². The standard InChI is InChI=1S/C10H8F3N3O/c1-6(4-14)9(17)16-7-2-3-8(15-5-7)10(11,12)13/h2-3,5-6H,1H3,(H,16,17). The molecule has 0 aromatic carbocycles. The molecule has 0 aliphatic rings. The number of pyridine rings is 1. The van der Waals surface area contributed by atoms with Crippen molar-refractivity contribution < 1.29 is 18.0 Å². The Morgan fingerprint density at radius 3 is 2.59 bits per heavy atom. The number of carbonyl (C=O) groups excluding carboxylic acids is 1. The van der Waals surface area contributed by atoms with Gasteiger partial charge in [-0.1, -0.05) is 0 Å². The fourth-order valence-electron chi connectivity index (χ4n) is 0.945. The lowest BCUT2D eigenvalue weighted by Gasteiger charge is -2.08. The van der Waals surface area contributed by atoms with Crippen molar-refractivity contribution >= 4 is 11.6 Å². The number of rotatable bonds is 2. The zero-order chi connectivity index (χ0) is 13.1. The van der Waals surface area contributed by atoms with E-state index in [1.54, 1.807) is 6.07 Å². The Balaban J connectivity index is 2.77. The van der Waals surface area contributed by atoms with E-state index in [0.717, 1.165) is 18.3 Å².